The lowest BCUT2D eigenvalue weighted by atomic mass is 9.98. The van der Waals surface area contributed by atoms with E-state index in [9.17, 15) is 4.79 Å². The third-order valence-electron chi connectivity index (χ3n) is 4.26. The predicted molar refractivity (Wildman–Crippen MR) is 80.9 cm³/mol. The smallest absolute Gasteiger partial charge is 0.336 e. The van der Waals surface area contributed by atoms with Crippen LogP contribution >= 0.6 is 0 Å². The van der Waals surface area contributed by atoms with Gasteiger partial charge in [0.2, 0.25) is 0 Å². The molecule has 0 unspecified atom stereocenters. The van der Waals surface area contributed by atoms with Crippen LogP contribution in [0.4, 0.5) is 0 Å². The lowest BCUT2D eigenvalue weighted by molar-refractivity contribution is 0.185. The van der Waals surface area contributed by atoms with E-state index in [0.29, 0.717) is 5.58 Å². The van der Waals surface area contributed by atoms with Crippen LogP contribution in [-0.4, -0.2) is 18.0 Å². The molecule has 2 heterocycles. The molecule has 0 spiro atoms. The van der Waals surface area contributed by atoms with E-state index in [0.717, 1.165) is 42.1 Å². The van der Waals surface area contributed by atoms with Gasteiger partial charge < -0.3 is 4.42 Å². The molecule has 0 atom stereocenters. The van der Waals surface area contributed by atoms with E-state index in [1.807, 2.05) is 13.0 Å². The molecule has 0 aliphatic carbocycles. The largest absolute Gasteiger partial charge is 0.423 e. The van der Waals surface area contributed by atoms with Gasteiger partial charge in [0.05, 0.1) is 0 Å². The van der Waals surface area contributed by atoms with Crippen molar-refractivity contribution in [3.05, 3.63) is 45.8 Å². The molecule has 1 saturated heterocycles. The second kappa shape index (κ2) is 5.41. The summed E-state index contributed by atoms with van der Waals surface area (Å²) in [6, 6.07) is 7.73. The van der Waals surface area contributed by atoms with Gasteiger partial charge in [0.25, 0.3) is 0 Å². The summed E-state index contributed by atoms with van der Waals surface area (Å²) < 4.78 is 5.32. The Hall–Kier alpha value is -1.61. The highest BCUT2D eigenvalue weighted by Gasteiger charge is 2.17. The van der Waals surface area contributed by atoms with E-state index in [2.05, 4.69) is 24.0 Å². The van der Waals surface area contributed by atoms with E-state index in [1.165, 1.54) is 12.8 Å². The van der Waals surface area contributed by atoms with E-state index >= 15 is 0 Å². The molecular weight excluding hydrogens is 250 g/mol. The van der Waals surface area contributed by atoms with Crippen LogP contribution in [0, 0.1) is 12.8 Å². The number of benzene rings is 1. The normalized spacial score (nSPS) is 17.7. The zero-order valence-electron chi connectivity index (χ0n) is 12.2. The minimum Gasteiger partial charge on any atom is -0.423 e. The van der Waals surface area contributed by atoms with Gasteiger partial charge in [0, 0.05) is 18.0 Å². The minimum atomic E-state index is -0.247. The van der Waals surface area contributed by atoms with Crippen LogP contribution in [0.2, 0.25) is 0 Å². The first kappa shape index (κ1) is 13.4. The number of nitrogens with zero attached hydrogens (tertiary/aromatic N) is 1. The standard InChI is InChI=1S/C17H21NO2/c1-12-5-7-18(8-6-12)11-14-10-17(19)20-16-9-13(2)3-4-15(14)16/h3-4,9-10,12H,5-8,11H2,1-2H3. The Labute approximate surface area is 119 Å². The van der Waals surface area contributed by atoms with Crippen molar-refractivity contribution in [2.75, 3.05) is 13.1 Å². The lowest BCUT2D eigenvalue weighted by Gasteiger charge is -2.30. The quantitative estimate of drug-likeness (QED) is 0.786. The Balaban J connectivity index is 1.92. The molecule has 20 heavy (non-hydrogen) atoms. The van der Waals surface area contributed by atoms with Gasteiger partial charge in [-0.3, -0.25) is 4.90 Å². The molecular formula is C17H21NO2. The zero-order valence-corrected chi connectivity index (χ0v) is 12.2. The summed E-state index contributed by atoms with van der Waals surface area (Å²) >= 11 is 0. The van der Waals surface area contributed by atoms with Gasteiger partial charge in [-0.15, -0.1) is 0 Å². The number of likely N-dealkylation sites (tertiary alicyclic amines) is 1. The maximum absolute atomic E-state index is 11.7. The van der Waals surface area contributed by atoms with E-state index in [4.69, 9.17) is 4.42 Å². The third kappa shape index (κ3) is 2.78. The Morgan fingerprint density at radius 2 is 2.00 bits per heavy atom. The van der Waals surface area contributed by atoms with Crippen molar-refractivity contribution in [1.29, 1.82) is 0 Å². The molecule has 0 N–H and O–H groups in total. The summed E-state index contributed by atoms with van der Waals surface area (Å²) in [5.41, 5.74) is 2.66. The van der Waals surface area contributed by atoms with Crippen molar-refractivity contribution >= 4 is 11.0 Å². The van der Waals surface area contributed by atoms with Crippen molar-refractivity contribution in [1.82, 2.24) is 4.90 Å². The van der Waals surface area contributed by atoms with Crippen LogP contribution in [0.5, 0.6) is 0 Å². The van der Waals surface area contributed by atoms with E-state index in [1.54, 1.807) is 6.07 Å². The maximum atomic E-state index is 11.7. The number of piperidine rings is 1. The SMILES string of the molecule is Cc1ccc2c(CN3CCC(C)CC3)cc(=O)oc2c1. The molecule has 106 valence electrons. The molecule has 1 aromatic heterocycles. The van der Waals surface area contributed by atoms with Crippen LogP contribution in [0.15, 0.2) is 33.5 Å². The van der Waals surface area contributed by atoms with Crippen molar-refractivity contribution < 1.29 is 4.42 Å². The molecule has 0 bridgehead atoms. The lowest BCUT2D eigenvalue weighted by Crippen LogP contribution is -2.32. The summed E-state index contributed by atoms with van der Waals surface area (Å²) in [6.07, 6.45) is 2.50. The summed E-state index contributed by atoms with van der Waals surface area (Å²) in [4.78, 5) is 14.2. The van der Waals surface area contributed by atoms with Crippen LogP contribution in [0.3, 0.4) is 0 Å². The van der Waals surface area contributed by atoms with Crippen molar-refractivity contribution in [2.24, 2.45) is 5.92 Å². The number of rotatable bonds is 2. The first-order valence-corrected chi connectivity index (χ1v) is 7.37. The third-order valence-corrected chi connectivity index (χ3v) is 4.26. The summed E-state index contributed by atoms with van der Waals surface area (Å²) in [6.45, 7) is 7.41. The van der Waals surface area contributed by atoms with Crippen molar-refractivity contribution in [3.63, 3.8) is 0 Å². The van der Waals surface area contributed by atoms with Gasteiger partial charge in [-0.05, 0) is 56.0 Å². The van der Waals surface area contributed by atoms with Gasteiger partial charge in [-0.2, -0.15) is 0 Å². The Bertz CT molecular complexity index is 666. The highest BCUT2D eigenvalue weighted by molar-refractivity contribution is 5.80. The topological polar surface area (TPSA) is 33.5 Å². The molecule has 3 heteroatoms. The molecule has 1 fully saturated rings. The van der Waals surface area contributed by atoms with Crippen LogP contribution in [0.1, 0.15) is 30.9 Å². The van der Waals surface area contributed by atoms with Crippen LogP contribution < -0.4 is 5.63 Å². The van der Waals surface area contributed by atoms with Crippen molar-refractivity contribution in [2.45, 2.75) is 33.2 Å². The first-order chi connectivity index (χ1) is 9.61. The molecule has 0 radical (unpaired) electrons. The van der Waals surface area contributed by atoms with Gasteiger partial charge in [0.1, 0.15) is 5.58 Å². The van der Waals surface area contributed by atoms with Gasteiger partial charge >= 0.3 is 5.63 Å². The maximum Gasteiger partial charge on any atom is 0.336 e. The average Bonchev–Trinajstić information content (AvgIpc) is 2.40. The highest BCUT2D eigenvalue weighted by atomic mass is 16.4. The molecule has 3 nitrogen and oxygen atoms in total. The number of hydrogen-bond donors (Lipinski definition) is 0. The highest BCUT2D eigenvalue weighted by Crippen LogP contribution is 2.22. The number of hydrogen-bond acceptors (Lipinski definition) is 3. The summed E-state index contributed by atoms with van der Waals surface area (Å²) in [5, 5.41) is 1.06. The van der Waals surface area contributed by atoms with E-state index < -0.39 is 0 Å². The molecule has 0 amide bonds. The summed E-state index contributed by atoms with van der Waals surface area (Å²) in [5.74, 6) is 0.825. The molecule has 0 saturated carbocycles. The molecule has 2 aromatic rings. The van der Waals surface area contributed by atoms with Crippen molar-refractivity contribution in [3.8, 4) is 0 Å². The second-order valence-corrected chi connectivity index (χ2v) is 6.05. The molecule has 1 aliphatic heterocycles. The van der Waals surface area contributed by atoms with Crippen LogP contribution in [0.25, 0.3) is 11.0 Å². The Morgan fingerprint density at radius 3 is 2.75 bits per heavy atom. The zero-order chi connectivity index (χ0) is 14.1. The fourth-order valence-electron chi connectivity index (χ4n) is 2.93. The predicted octanol–water partition coefficient (Wildman–Crippen LogP) is 3.33. The van der Waals surface area contributed by atoms with Gasteiger partial charge in [-0.25, -0.2) is 4.79 Å². The van der Waals surface area contributed by atoms with Gasteiger partial charge in [-0.1, -0.05) is 19.1 Å². The minimum absolute atomic E-state index is 0.247. The van der Waals surface area contributed by atoms with E-state index in [-0.39, 0.29) is 5.63 Å². The van der Waals surface area contributed by atoms with Crippen LogP contribution in [-0.2, 0) is 6.54 Å². The first-order valence-electron chi connectivity index (χ1n) is 7.37. The molecule has 3 rings (SSSR count). The fourth-order valence-corrected chi connectivity index (χ4v) is 2.93. The molecule has 1 aromatic carbocycles. The fraction of sp³-hybridized carbons (Fsp3) is 0.471. The Morgan fingerprint density at radius 1 is 1.25 bits per heavy atom. The summed E-state index contributed by atoms with van der Waals surface area (Å²) in [7, 11) is 0. The molecule has 1 aliphatic rings. The van der Waals surface area contributed by atoms with Gasteiger partial charge in [0.15, 0.2) is 0 Å². The average molecular weight is 271 g/mol. The Kier molecular flexibility index (Phi) is 3.62. The number of aryl methyl sites for hydroxylation is 1. The monoisotopic (exact) mass is 271 g/mol. The second-order valence-electron chi connectivity index (χ2n) is 6.05. The number of fused-ring (bicyclic) bond motifs is 1.